The number of carbonyl (C=O) groups is 2. The molecule has 3 amide bonds. The third-order valence-electron chi connectivity index (χ3n) is 6.33. The topological polar surface area (TPSA) is 76.6 Å². The van der Waals surface area contributed by atoms with E-state index in [2.05, 4.69) is 20.9 Å². The highest BCUT2D eigenvalue weighted by Gasteiger charge is 2.60. The standard InChI is InChI=1S/C22H20BrN3O3/c1-3-22-11-16-15-10-13(23)7-8-17(15)24-18(16)19(12-5-4-6-14(27)9-12)26(22)21(29)25(2)20(22)28/h4-10,19,24,27H,3,11H2,1-2H3. The summed E-state index contributed by atoms with van der Waals surface area (Å²) in [6, 6.07) is 12.1. The van der Waals surface area contributed by atoms with Crippen LogP contribution in [-0.4, -0.2) is 44.4 Å². The Hall–Kier alpha value is -2.80. The second-order valence-electron chi connectivity index (χ2n) is 7.78. The van der Waals surface area contributed by atoms with E-state index in [4.69, 9.17) is 0 Å². The van der Waals surface area contributed by atoms with Crippen LogP contribution >= 0.6 is 15.9 Å². The number of fused-ring (bicyclic) bond motifs is 4. The van der Waals surface area contributed by atoms with Gasteiger partial charge in [0.1, 0.15) is 17.3 Å². The Morgan fingerprint density at radius 2 is 2.03 bits per heavy atom. The van der Waals surface area contributed by atoms with E-state index < -0.39 is 11.6 Å². The molecule has 0 radical (unpaired) electrons. The van der Waals surface area contributed by atoms with E-state index in [1.54, 1.807) is 30.1 Å². The molecule has 29 heavy (non-hydrogen) atoms. The summed E-state index contributed by atoms with van der Waals surface area (Å²) in [5.41, 5.74) is 2.73. The first-order valence-electron chi connectivity index (χ1n) is 9.58. The van der Waals surface area contributed by atoms with E-state index in [9.17, 15) is 14.7 Å². The van der Waals surface area contributed by atoms with Gasteiger partial charge in [0.15, 0.2) is 0 Å². The molecular formula is C22H20BrN3O3. The van der Waals surface area contributed by atoms with Gasteiger partial charge in [0.2, 0.25) is 0 Å². The lowest BCUT2D eigenvalue weighted by molar-refractivity contribution is -0.133. The number of phenolic OH excluding ortho intramolecular Hbond substituents is 1. The number of benzene rings is 2. The highest BCUT2D eigenvalue weighted by atomic mass is 79.9. The molecule has 1 saturated heterocycles. The molecule has 3 aromatic rings. The number of carbonyl (C=O) groups excluding carboxylic acids is 2. The highest BCUT2D eigenvalue weighted by Crippen LogP contribution is 2.50. The number of nitrogens with zero attached hydrogens (tertiary/aromatic N) is 2. The monoisotopic (exact) mass is 453 g/mol. The minimum absolute atomic E-state index is 0.127. The molecule has 1 aromatic heterocycles. The Morgan fingerprint density at radius 1 is 1.24 bits per heavy atom. The predicted octanol–water partition coefficient (Wildman–Crippen LogP) is 4.32. The molecule has 148 valence electrons. The minimum atomic E-state index is -0.938. The molecule has 0 bridgehead atoms. The maximum absolute atomic E-state index is 13.3. The van der Waals surface area contributed by atoms with Crippen molar-refractivity contribution < 1.29 is 14.7 Å². The van der Waals surface area contributed by atoms with E-state index >= 15 is 0 Å². The molecule has 2 aromatic carbocycles. The van der Waals surface area contributed by atoms with Crippen molar-refractivity contribution in [3.05, 3.63) is 63.8 Å². The van der Waals surface area contributed by atoms with Crippen molar-refractivity contribution in [2.75, 3.05) is 7.05 Å². The Labute approximate surface area is 176 Å². The quantitative estimate of drug-likeness (QED) is 0.567. The Kier molecular flexibility index (Phi) is 3.84. The lowest BCUT2D eigenvalue weighted by atomic mass is 9.78. The molecule has 7 heteroatoms. The summed E-state index contributed by atoms with van der Waals surface area (Å²) in [4.78, 5) is 32.9. The molecule has 2 N–H and O–H groups in total. The van der Waals surface area contributed by atoms with Crippen LogP contribution in [0.15, 0.2) is 46.9 Å². The van der Waals surface area contributed by atoms with Gasteiger partial charge in [-0.3, -0.25) is 14.6 Å². The van der Waals surface area contributed by atoms with Crippen LogP contribution in [0.4, 0.5) is 4.79 Å². The number of nitrogens with one attached hydrogen (secondary N) is 1. The summed E-state index contributed by atoms with van der Waals surface area (Å²) in [7, 11) is 1.54. The number of urea groups is 1. The van der Waals surface area contributed by atoms with Gasteiger partial charge in [-0.05, 0) is 47.9 Å². The van der Waals surface area contributed by atoms with Crippen molar-refractivity contribution in [1.29, 1.82) is 0 Å². The minimum Gasteiger partial charge on any atom is -0.508 e. The molecule has 2 aliphatic rings. The first kappa shape index (κ1) is 18.2. The number of rotatable bonds is 2. The van der Waals surface area contributed by atoms with Gasteiger partial charge in [-0.25, -0.2) is 4.79 Å². The maximum atomic E-state index is 13.3. The maximum Gasteiger partial charge on any atom is 0.328 e. The highest BCUT2D eigenvalue weighted by molar-refractivity contribution is 9.10. The van der Waals surface area contributed by atoms with Gasteiger partial charge in [-0.15, -0.1) is 0 Å². The third kappa shape index (κ3) is 2.34. The van der Waals surface area contributed by atoms with Gasteiger partial charge < -0.3 is 10.1 Å². The fraction of sp³-hybridized carbons (Fsp3) is 0.273. The fourth-order valence-corrected chi connectivity index (χ4v) is 5.27. The number of H-pyrrole nitrogens is 1. The van der Waals surface area contributed by atoms with E-state index in [1.807, 2.05) is 31.2 Å². The van der Waals surface area contributed by atoms with Crippen molar-refractivity contribution in [1.82, 2.24) is 14.8 Å². The summed E-state index contributed by atoms with van der Waals surface area (Å²) in [6.07, 6.45) is 0.969. The third-order valence-corrected chi connectivity index (χ3v) is 6.82. The fourth-order valence-electron chi connectivity index (χ4n) is 4.91. The van der Waals surface area contributed by atoms with Crippen molar-refractivity contribution in [2.45, 2.75) is 31.3 Å². The van der Waals surface area contributed by atoms with Gasteiger partial charge in [0.05, 0.1) is 0 Å². The zero-order valence-corrected chi connectivity index (χ0v) is 17.7. The summed E-state index contributed by atoms with van der Waals surface area (Å²) < 4.78 is 0.958. The smallest absolute Gasteiger partial charge is 0.328 e. The van der Waals surface area contributed by atoms with Crippen LogP contribution in [0.3, 0.4) is 0 Å². The number of aromatic nitrogens is 1. The molecule has 5 rings (SSSR count). The number of aromatic hydroxyl groups is 1. The summed E-state index contributed by atoms with van der Waals surface area (Å²) in [5, 5.41) is 11.1. The van der Waals surface area contributed by atoms with Crippen LogP contribution in [0.1, 0.15) is 36.2 Å². The van der Waals surface area contributed by atoms with Gasteiger partial charge >= 0.3 is 6.03 Å². The number of aromatic amines is 1. The van der Waals surface area contributed by atoms with Gasteiger partial charge in [0, 0.05) is 34.5 Å². The van der Waals surface area contributed by atoms with Gasteiger partial charge in [-0.2, -0.15) is 0 Å². The molecule has 0 aliphatic carbocycles. The van der Waals surface area contributed by atoms with E-state index in [0.717, 1.165) is 32.2 Å². The van der Waals surface area contributed by atoms with Crippen molar-refractivity contribution in [2.24, 2.45) is 0 Å². The molecule has 2 atom stereocenters. The van der Waals surface area contributed by atoms with Gasteiger partial charge in [0.25, 0.3) is 5.91 Å². The Morgan fingerprint density at radius 3 is 2.76 bits per heavy atom. The average molecular weight is 454 g/mol. The molecule has 0 saturated carbocycles. The zero-order valence-electron chi connectivity index (χ0n) is 16.1. The average Bonchev–Trinajstić information content (AvgIpc) is 3.15. The first-order valence-corrected chi connectivity index (χ1v) is 10.4. The molecule has 1 fully saturated rings. The first-order chi connectivity index (χ1) is 13.9. The van der Waals surface area contributed by atoms with Crippen molar-refractivity contribution in [3.63, 3.8) is 0 Å². The predicted molar refractivity (Wildman–Crippen MR) is 113 cm³/mol. The van der Waals surface area contributed by atoms with Crippen LogP contribution in [0.2, 0.25) is 0 Å². The van der Waals surface area contributed by atoms with E-state index in [1.165, 1.54) is 4.90 Å². The molecule has 2 unspecified atom stereocenters. The van der Waals surface area contributed by atoms with Crippen LogP contribution in [0, 0.1) is 0 Å². The number of likely N-dealkylation sites (N-methyl/N-ethyl adjacent to an activating group) is 1. The van der Waals surface area contributed by atoms with Crippen LogP contribution in [0.5, 0.6) is 5.75 Å². The van der Waals surface area contributed by atoms with Crippen molar-refractivity contribution >= 4 is 38.8 Å². The van der Waals surface area contributed by atoms with Crippen LogP contribution in [0.25, 0.3) is 10.9 Å². The largest absolute Gasteiger partial charge is 0.508 e. The lowest BCUT2D eigenvalue weighted by Gasteiger charge is -2.44. The number of amides is 3. The molecule has 0 spiro atoms. The summed E-state index contributed by atoms with van der Waals surface area (Å²) >= 11 is 3.55. The SMILES string of the molecule is CCC12Cc3c([nH]c4ccc(Br)cc34)C(c3cccc(O)c3)N1C(=O)N(C)C2=O. The normalized spacial score (nSPS) is 23.6. The summed E-state index contributed by atoms with van der Waals surface area (Å²) in [6.45, 7) is 1.95. The summed E-state index contributed by atoms with van der Waals surface area (Å²) in [5.74, 6) is -0.0490. The Bertz CT molecular complexity index is 1190. The van der Waals surface area contributed by atoms with Crippen molar-refractivity contribution in [3.8, 4) is 5.75 Å². The number of halogens is 1. The zero-order chi connectivity index (χ0) is 20.5. The number of phenols is 1. The number of hydrogen-bond donors (Lipinski definition) is 2. The molecular weight excluding hydrogens is 434 g/mol. The second kappa shape index (κ2) is 6.10. The molecule has 2 aliphatic heterocycles. The van der Waals surface area contributed by atoms with E-state index in [-0.39, 0.29) is 17.7 Å². The second-order valence-corrected chi connectivity index (χ2v) is 8.70. The number of hydrogen-bond acceptors (Lipinski definition) is 3. The van der Waals surface area contributed by atoms with Crippen LogP contribution < -0.4 is 0 Å². The van der Waals surface area contributed by atoms with Gasteiger partial charge in [-0.1, -0.05) is 35.0 Å². The molecule has 6 nitrogen and oxygen atoms in total. The van der Waals surface area contributed by atoms with Crippen LogP contribution in [-0.2, 0) is 11.2 Å². The Balaban J connectivity index is 1.85. The lowest BCUT2D eigenvalue weighted by Crippen LogP contribution is -2.55. The number of imide groups is 1. The van der Waals surface area contributed by atoms with E-state index in [0.29, 0.717) is 12.8 Å². The molecule has 3 heterocycles.